The Morgan fingerprint density at radius 2 is 1.90 bits per heavy atom. The molecule has 0 heterocycles. The summed E-state index contributed by atoms with van der Waals surface area (Å²) in [4.78, 5) is 9.00. The second-order valence-electron chi connectivity index (χ2n) is 1.24. The van der Waals surface area contributed by atoms with E-state index in [4.69, 9.17) is 15.0 Å². The molecule has 10 heavy (non-hydrogen) atoms. The van der Waals surface area contributed by atoms with Crippen molar-refractivity contribution in [2.45, 2.75) is 6.92 Å². The van der Waals surface area contributed by atoms with Gasteiger partial charge >= 0.3 is 0 Å². The van der Waals surface area contributed by atoms with Crippen molar-refractivity contribution in [1.29, 1.82) is 0 Å². The second kappa shape index (κ2) is 16.0. The van der Waals surface area contributed by atoms with Crippen molar-refractivity contribution >= 4 is 5.97 Å². The molecule has 0 saturated heterocycles. The Bertz CT molecular complexity index is 60.7. The number of rotatable bonds is 2. The summed E-state index contributed by atoms with van der Waals surface area (Å²) in [5.74, 6) is -0.833. The first-order chi connectivity index (χ1) is 4.15. The molecular weight excluding hydrogens is 189 g/mol. The number of aliphatic carboxylic acids is 1. The van der Waals surface area contributed by atoms with Gasteiger partial charge in [0.15, 0.2) is 0 Å². The molecule has 2 N–H and O–H groups in total. The molecule has 0 fully saturated rings. The van der Waals surface area contributed by atoms with Gasteiger partial charge in [-0.15, -0.1) is 0 Å². The SMILES string of the molecule is CC(=O)O.COCCO.[Zn]. The van der Waals surface area contributed by atoms with Crippen molar-refractivity contribution in [3.05, 3.63) is 0 Å². The zero-order chi connectivity index (χ0) is 7.70. The molecule has 0 saturated carbocycles. The third-order valence-corrected chi connectivity index (χ3v) is 0.295. The van der Waals surface area contributed by atoms with Gasteiger partial charge in [-0.2, -0.15) is 0 Å². The predicted octanol–water partition coefficient (Wildman–Crippen LogP) is -0.287. The zero-order valence-corrected chi connectivity index (χ0v) is 9.30. The molecular formula is C5H12O4Zn. The van der Waals surface area contributed by atoms with E-state index in [1.165, 1.54) is 0 Å². The van der Waals surface area contributed by atoms with Crippen molar-refractivity contribution in [3.63, 3.8) is 0 Å². The van der Waals surface area contributed by atoms with Crippen LogP contribution in [0, 0.1) is 0 Å². The van der Waals surface area contributed by atoms with E-state index in [1.807, 2.05) is 0 Å². The smallest absolute Gasteiger partial charge is 0.300 e. The van der Waals surface area contributed by atoms with Gasteiger partial charge < -0.3 is 14.9 Å². The van der Waals surface area contributed by atoms with Crippen LogP contribution in [-0.2, 0) is 29.0 Å². The standard InChI is InChI=1S/C3H8O2.C2H4O2.Zn/c1-5-3-2-4;1-2(3)4;/h4H,2-3H2,1H3;1H3,(H,3,4);. The summed E-state index contributed by atoms with van der Waals surface area (Å²) < 4.78 is 4.44. The molecule has 4 nitrogen and oxygen atoms in total. The maximum atomic E-state index is 9.00. The Hall–Kier alpha value is 0.0134. The molecule has 0 amide bonds. The zero-order valence-electron chi connectivity index (χ0n) is 6.33. The maximum absolute atomic E-state index is 9.00. The summed E-state index contributed by atoms with van der Waals surface area (Å²) in [6, 6.07) is 0. The molecule has 0 aromatic rings. The van der Waals surface area contributed by atoms with Gasteiger partial charge in [-0.05, 0) is 0 Å². The van der Waals surface area contributed by atoms with E-state index in [1.54, 1.807) is 7.11 Å². The van der Waals surface area contributed by atoms with Crippen molar-refractivity contribution in [2.24, 2.45) is 0 Å². The minimum absolute atomic E-state index is 0. The van der Waals surface area contributed by atoms with Crippen LogP contribution in [0.15, 0.2) is 0 Å². The molecule has 0 unspecified atom stereocenters. The van der Waals surface area contributed by atoms with Gasteiger partial charge in [0.2, 0.25) is 0 Å². The molecule has 0 aromatic heterocycles. The maximum Gasteiger partial charge on any atom is 0.300 e. The van der Waals surface area contributed by atoms with Crippen molar-refractivity contribution in [1.82, 2.24) is 0 Å². The fourth-order valence-electron chi connectivity index (χ4n) is 0.0913. The molecule has 0 bridgehead atoms. The Morgan fingerprint density at radius 1 is 1.60 bits per heavy atom. The molecule has 0 aromatic carbocycles. The molecule has 0 rings (SSSR count). The van der Waals surface area contributed by atoms with E-state index in [2.05, 4.69) is 4.74 Å². The molecule has 0 radical (unpaired) electrons. The summed E-state index contributed by atoms with van der Waals surface area (Å²) in [6.45, 7) is 1.65. The van der Waals surface area contributed by atoms with E-state index >= 15 is 0 Å². The fourth-order valence-corrected chi connectivity index (χ4v) is 0.0913. The van der Waals surface area contributed by atoms with E-state index in [0.717, 1.165) is 6.92 Å². The summed E-state index contributed by atoms with van der Waals surface area (Å²) in [7, 11) is 1.55. The number of carboxylic acid groups (broad SMARTS) is 1. The predicted molar refractivity (Wildman–Crippen MR) is 32.3 cm³/mol. The average Bonchev–Trinajstić information content (AvgIpc) is 1.66. The molecule has 0 atom stereocenters. The van der Waals surface area contributed by atoms with Crippen LogP contribution < -0.4 is 0 Å². The number of aliphatic hydroxyl groups is 1. The van der Waals surface area contributed by atoms with Gasteiger partial charge in [-0.3, -0.25) is 4.79 Å². The van der Waals surface area contributed by atoms with E-state index in [0.29, 0.717) is 6.61 Å². The first kappa shape index (κ1) is 16.5. The Balaban J connectivity index is -0.0000000910. The third-order valence-electron chi connectivity index (χ3n) is 0.295. The molecule has 0 aliphatic heterocycles. The van der Waals surface area contributed by atoms with Crippen molar-refractivity contribution < 1.29 is 39.2 Å². The Morgan fingerprint density at radius 3 is 1.90 bits per heavy atom. The van der Waals surface area contributed by atoms with Gasteiger partial charge in [-0.25, -0.2) is 0 Å². The number of methoxy groups -OCH3 is 1. The van der Waals surface area contributed by atoms with Gasteiger partial charge in [0.25, 0.3) is 5.97 Å². The van der Waals surface area contributed by atoms with Gasteiger partial charge in [0, 0.05) is 33.5 Å². The van der Waals surface area contributed by atoms with E-state index in [9.17, 15) is 0 Å². The second-order valence-corrected chi connectivity index (χ2v) is 1.24. The average molecular weight is 202 g/mol. The van der Waals surface area contributed by atoms with Crippen LogP contribution >= 0.6 is 0 Å². The number of hydrogen-bond acceptors (Lipinski definition) is 3. The molecule has 0 spiro atoms. The number of aliphatic hydroxyl groups excluding tert-OH is 1. The normalized spacial score (nSPS) is 6.70. The Labute approximate surface area is 73.0 Å². The quantitative estimate of drug-likeness (QED) is 0.603. The number of hydrogen-bond donors (Lipinski definition) is 2. The summed E-state index contributed by atoms with van der Waals surface area (Å²) in [5, 5.41) is 15.4. The molecule has 0 aliphatic carbocycles. The Kier molecular flexibility index (Phi) is 26.5. The van der Waals surface area contributed by atoms with Crippen LogP contribution in [0.5, 0.6) is 0 Å². The first-order valence-electron chi connectivity index (χ1n) is 2.44. The first-order valence-corrected chi connectivity index (χ1v) is 2.44. The van der Waals surface area contributed by atoms with Crippen LogP contribution in [0.25, 0.3) is 0 Å². The number of carbonyl (C=O) groups is 1. The number of carboxylic acids is 1. The van der Waals surface area contributed by atoms with Gasteiger partial charge in [0.1, 0.15) is 0 Å². The monoisotopic (exact) mass is 200 g/mol. The van der Waals surface area contributed by atoms with E-state index in [-0.39, 0.29) is 26.1 Å². The van der Waals surface area contributed by atoms with Crippen LogP contribution in [0.4, 0.5) is 0 Å². The summed E-state index contributed by atoms with van der Waals surface area (Å²) in [5.41, 5.74) is 0. The third kappa shape index (κ3) is 97.2. The van der Waals surface area contributed by atoms with Gasteiger partial charge in [-0.1, -0.05) is 0 Å². The molecule has 0 aliphatic rings. The topological polar surface area (TPSA) is 66.8 Å². The summed E-state index contributed by atoms with van der Waals surface area (Å²) in [6.07, 6.45) is 0. The van der Waals surface area contributed by atoms with Crippen molar-refractivity contribution in [3.8, 4) is 0 Å². The number of ether oxygens (including phenoxy) is 1. The van der Waals surface area contributed by atoms with Gasteiger partial charge in [0.05, 0.1) is 13.2 Å². The van der Waals surface area contributed by atoms with Crippen molar-refractivity contribution in [2.75, 3.05) is 20.3 Å². The minimum atomic E-state index is -0.833. The molecule has 5 heteroatoms. The van der Waals surface area contributed by atoms with Crippen LogP contribution in [0.3, 0.4) is 0 Å². The van der Waals surface area contributed by atoms with Crippen LogP contribution in [-0.4, -0.2) is 36.5 Å². The van der Waals surface area contributed by atoms with Crippen LogP contribution in [0.1, 0.15) is 6.92 Å². The minimum Gasteiger partial charge on any atom is -0.481 e. The van der Waals surface area contributed by atoms with Crippen LogP contribution in [0.2, 0.25) is 0 Å². The molecule has 58 valence electrons. The van der Waals surface area contributed by atoms with E-state index < -0.39 is 5.97 Å². The fraction of sp³-hybridized carbons (Fsp3) is 0.800. The summed E-state index contributed by atoms with van der Waals surface area (Å²) >= 11 is 0. The largest absolute Gasteiger partial charge is 0.481 e.